The number of nitriles is 4. The summed E-state index contributed by atoms with van der Waals surface area (Å²) in [6.07, 6.45) is 53.3. The minimum absolute atomic E-state index is 0. The molecule has 0 aliphatic rings. The number of aromatic nitrogens is 8. The van der Waals surface area contributed by atoms with Gasteiger partial charge in [-0.3, -0.25) is 49.5 Å². The largest absolute Gasteiger partial charge is 2.00 e. The van der Waals surface area contributed by atoms with Gasteiger partial charge < -0.3 is 70.2 Å². The molecule has 0 atom stereocenters. The van der Waals surface area contributed by atoms with Gasteiger partial charge in [-0.15, -0.1) is 45.3 Å². The first kappa shape index (κ1) is 112. The first-order chi connectivity index (χ1) is 61.6. The average Bonchev–Trinajstić information content (AvgIpc) is 1.65. The van der Waals surface area contributed by atoms with Crippen LogP contribution in [0.5, 0.6) is 11.5 Å². The minimum Gasteiger partial charge on any atom is -0.696 e. The van der Waals surface area contributed by atoms with E-state index in [1.807, 2.05) is 70.1 Å². The number of hydrogen-bond acceptors (Lipinski definition) is 26. The topological polar surface area (TPSA) is 325 Å². The molecule has 0 saturated heterocycles. The first-order valence-electron chi connectivity index (χ1n) is 42.4. The molecule has 12 rings (SSSR count). The number of aromatic carboxylic acids is 2. The molecule has 0 spiro atoms. The molecule has 0 fully saturated rings. The molecule has 20 nitrogen and oxygen atoms in total. The van der Waals surface area contributed by atoms with Crippen molar-refractivity contribution in [3.05, 3.63) is 227 Å². The van der Waals surface area contributed by atoms with E-state index in [0.29, 0.717) is 47.2 Å². The van der Waals surface area contributed by atoms with Crippen molar-refractivity contribution >= 4 is 121 Å². The van der Waals surface area contributed by atoms with E-state index in [0.717, 1.165) is 35.6 Å². The average molecular weight is 2040 g/mol. The van der Waals surface area contributed by atoms with Gasteiger partial charge in [0.15, 0.2) is 0 Å². The molecule has 128 heavy (non-hydrogen) atoms. The second-order valence-electron chi connectivity index (χ2n) is 28.6. The summed E-state index contributed by atoms with van der Waals surface area (Å²) in [6, 6.07) is 47.4. The number of hydrogen-bond donors (Lipinski definition) is 2. The number of aryl methyl sites for hydroxylation is 4. The molecule has 12 heterocycles. The Kier molecular flexibility index (Phi) is 61.3. The number of pyridine rings is 8. The summed E-state index contributed by atoms with van der Waals surface area (Å²) in [4.78, 5) is 87.9. The Labute approximate surface area is 818 Å². The van der Waals surface area contributed by atoms with Gasteiger partial charge in [0.1, 0.15) is 11.5 Å². The zero-order valence-corrected chi connectivity index (χ0v) is 82.5. The van der Waals surface area contributed by atoms with E-state index in [-0.39, 0.29) is 50.1 Å². The maximum absolute atomic E-state index is 10.8. The smallest absolute Gasteiger partial charge is 0.696 e. The van der Waals surface area contributed by atoms with Crippen molar-refractivity contribution in [2.45, 2.75) is 220 Å². The fourth-order valence-corrected chi connectivity index (χ4v) is 17.3. The van der Waals surface area contributed by atoms with E-state index in [9.17, 15) is 19.2 Å². The molecule has 0 unspecified atom stereocenters. The van der Waals surface area contributed by atoms with Crippen LogP contribution >= 0.6 is 45.3 Å². The molecule has 0 amide bonds. The predicted octanol–water partition coefficient (Wildman–Crippen LogP) is 26.4. The summed E-state index contributed by atoms with van der Waals surface area (Å²) in [5.74, 6) is -1.45. The summed E-state index contributed by atoms with van der Waals surface area (Å²) < 4.78 is 9.36. The van der Waals surface area contributed by atoms with Crippen molar-refractivity contribution in [2.24, 2.45) is 0 Å². The van der Waals surface area contributed by atoms with Crippen LogP contribution in [0, 0.1) is 42.7 Å². The summed E-state index contributed by atoms with van der Waals surface area (Å²) in [7, 11) is 0. The second kappa shape index (κ2) is 69.9. The number of ether oxygens (including phenoxy) is 2. The van der Waals surface area contributed by atoms with Crippen molar-refractivity contribution in [3.8, 4) is 119 Å². The molecule has 0 radical (unpaired) electrons. The van der Waals surface area contributed by atoms with Gasteiger partial charge in [-0.05, 0) is 207 Å². The summed E-state index contributed by atoms with van der Waals surface area (Å²) >= 11 is 22.5. The Morgan fingerprint density at radius 1 is 0.312 bits per heavy atom. The molecule has 12 aromatic rings. The van der Waals surface area contributed by atoms with Crippen LogP contribution in [0.2, 0.25) is 0 Å². The van der Waals surface area contributed by atoms with Gasteiger partial charge in [0.25, 0.3) is 12.9 Å². The Hall–Kier alpha value is -10.0. The molecule has 2 N–H and O–H groups in total. The first-order valence-corrected chi connectivity index (χ1v) is 47.3. The predicted molar refractivity (Wildman–Crippen MR) is 520 cm³/mol. The normalized spacial score (nSPS) is 9.88. The molecule has 12 aromatic heterocycles. The molecule has 0 aliphatic heterocycles. The standard InChI is InChI=1S/C42H48N2S4.C28H44N2.2C12H8N2O4.4CHNS.2Ru/c1-3-5-7-9-11-13-15-33-17-19-39(45-33)41-23-21-37(47-41)31-25-27-43-35(29-31)36-30-32(26-28-44-36)38-22-24-42(48-38)40-20-18-34(46-40)16-14-12-10-8-6-4-2;1-3-5-7-9-11-13-15-17-25-19-21-29-27(23-25)28-24-26(20-22-30-28)18-16-14-12-10-8-6-4-2;2*15-7-18-9-2-4-14-11(6-9)10-5-8(12(16)17)1-3-13-10;4*2-1-3;;/h17-30H,3-16H2,1-2H3;19-24H,3-18H2,1-2H3;2*1-7H,(H,16,17);4*3H;;/q;;;;;;;;2*+2/p-4. The number of thiocyanates is 4. The van der Waals surface area contributed by atoms with E-state index >= 15 is 0 Å². The summed E-state index contributed by atoms with van der Waals surface area (Å²) in [6.45, 7) is 9.74. The zero-order chi connectivity index (χ0) is 91.0. The summed E-state index contributed by atoms with van der Waals surface area (Å²) in [5, 5.41) is 51.6. The fourth-order valence-electron chi connectivity index (χ4n) is 13.0. The van der Waals surface area contributed by atoms with E-state index < -0.39 is 11.9 Å². The van der Waals surface area contributed by atoms with E-state index in [1.165, 1.54) is 336 Å². The summed E-state index contributed by atoms with van der Waals surface area (Å²) in [5.41, 5.74) is 10.9. The van der Waals surface area contributed by atoms with Gasteiger partial charge in [0.05, 0.1) is 56.7 Å². The Morgan fingerprint density at radius 2 is 0.555 bits per heavy atom. The van der Waals surface area contributed by atoms with Crippen LogP contribution in [0.1, 0.15) is 236 Å². The molecular weight excluding hydrogens is 1930 g/mol. The molecule has 672 valence electrons. The van der Waals surface area contributed by atoms with Crippen LogP contribution in [0.4, 0.5) is 0 Å². The maximum atomic E-state index is 10.8. The van der Waals surface area contributed by atoms with Crippen LogP contribution in [0.3, 0.4) is 0 Å². The van der Waals surface area contributed by atoms with Crippen LogP contribution in [-0.2, 0) is 125 Å². The number of unbranched alkanes of at least 4 members (excludes halogenated alkanes) is 22. The number of carbonyl (C=O) groups excluding carboxylic acids is 2. The number of rotatable bonds is 44. The van der Waals surface area contributed by atoms with Crippen molar-refractivity contribution < 1.29 is 77.8 Å². The van der Waals surface area contributed by atoms with Gasteiger partial charge in [0, 0.05) is 101 Å². The molecule has 30 heteroatoms. The Bertz CT molecular complexity index is 4990. The minimum atomic E-state index is -1.04. The van der Waals surface area contributed by atoms with Crippen molar-refractivity contribution in [1.29, 1.82) is 21.0 Å². The SMILES string of the molecule is CCCCCCCCCc1ccnc(-c2cc(CCCCCCCCC)ccn2)c1.CCCCCCCCc1ccc(-c2ccc(-c3ccnc(-c4cc(-c5ccc(-c6ccc(CCCCCCCC)s6)s5)ccn4)c3)s2)s1.N#C[S-].N#C[S-].N#C[S-].N#C[S-].O=COc1ccnc(-c2cc(C(=O)O)ccn2)c1.O=COc1ccnc(-c2cc(C(=O)O)ccn2)c1.[Ru+2].[Ru+2]. The monoisotopic (exact) mass is 2040 g/mol. The van der Waals surface area contributed by atoms with Gasteiger partial charge in [-0.25, -0.2) is 30.6 Å². The number of carbonyl (C=O) groups is 4. The third-order valence-corrected chi connectivity index (χ3v) is 24.3. The Morgan fingerprint density at radius 3 is 0.867 bits per heavy atom. The number of thiophene rings is 4. The fraction of sp³-hybridized carbons (Fsp3) is 0.347. The van der Waals surface area contributed by atoms with E-state index in [4.69, 9.17) is 41.2 Å². The van der Waals surface area contributed by atoms with Gasteiger partial charge in [-0.2, -0.15) is 0 Å². The zero-order valence-electron chi connectivity index (χ0n) is 72.5. The third-order valence-electron chi connectivity index (χ3n) is 19.3. The quantitative estimate of drug-likeness (QED) is 0.0118. The van der Waals surface area contributed by atoms with Crippen molar-refractivity contribution in [1.82, 2.24) is 39.9 Å². The second-order valence-corrected chi connectivity index (χ2v) is 33.8. The Balaban J connectivity index is 0.000000451. The van der Waals surface area contributed by atoms with Crippen molar-refractivity contribution in [2.75, 3.05) is 0 Å². The number of nitrogens with zero attached hydrogens (tertiary/aromatic N) is 12. The molecule has 0 aliphatic carbocycles. The maximum Gasteiger partial charge on any atom is 2.00 e. The van der Waals surface area contributed by atoms with Gasteiger partial charge >= 0.3 is 50.9 Å². The van der Waals surface area contributed by atoms with Crippen LogP contribution in [0.25, 0.3) is 85.9 Å². The van der Waals surface area contributed by atoms with Gasteiger partial charge in [-0.1, -0.05) is 191 Å². The number of carboxylic acids is 2. The number of carboxylic acid groups (broad SMARTS) is 2. The van der Waals surface area contributed by atoms with Crippen molar-refractivity contribution in [3.63, 3.8) is 0 Å². The van der Waals surface area contributed by atoms with Crippen LogP contribution in [0.15, 0.2) is 195 Å². The van der Waals surface area contributed by atoms with E-state index in [1.54, 1.807) is 0 Å². The van der Waals surface area contributed by atoms with Crippen LogP contribution < -0.4 is 9.47 Å². The molecule has 0 aromatic carbocycles. The van der Waals surface area contributed by atoms with Gasteiger partial charge in [0.2, 0.25) is 0 Å². The molecular formula is C98H108N12O8Ru2S8. The molecule has 0 saturated carbocycles. The third kappa shape index (κ3) is 44.3. The van der Waals surface area contributed by atoms with E-state index in [2.05, 4.69) is 215 Å². The van der Waals surface area contributed by atoms with Crippen LogP contribution in [-0.4, -0.2) is 75.0 Å². The molecule has 0 bridgehead atoms.